The Morgan fingerprint density at radius 1 is 0.266 bits per heavy atom. The number of hydrogen-bond donors (Lipinski definition) is 0. The third-order valence-corrected chi connectivity index (χ3v) is 16.0. The fourth-order valence-corrected chi connectivity index (χ4v) is 13.3. The molecule has 0 saturated carbocycles. The quantitative estimate of drug-likeness (QED) is 0.127. The molecule has 0 radical (unpaired) electrons. The molecule has 0 spiro atoms. The van der Waals surface area contributed by atoms with Crippen LogP contribution in [0.3, 0.4) is 0 Å². The van der Waals surface area contributed by atoms with Gasteiger partial charge in [0.2, 0.25) is 0 Å². The number of fused-ring (bicyclic) bond motifs is 12. The summed E-state index contributed by atoms with van der Waals surface area (Å²) in [6.07, 6.45) is 0. The molecule has 296 valence electrons. The summed E-state index contributed by atoms with van der Waals surface area (Å²) in [7, 11) is 0. The molecule has 14 aromatic rings. The Bertz CT molecular complexity index is 4130. The molecule has 1 nitrogen and oxygen atoms in total. The van der Waals surface area contributed by atoms with Gasteiger partial charge in [-0.1, -0.05) is 30.3 Å². The van der Waals surface area contributed by atoms with Crippen LogP contribution in [-0.2, 0) is 0 Å². The van der Waals surface area contributed by atoms with E-state index < -0.39 is 0 Å². The van der Waals surface area contributed by atoms with Crippen LogP contribution in [0.5, 0.6) is 0 Å². The van der Waals surface area contributed by atoms with Gasteiger partial charge in [0.25, 0.3) is 0 Å². The zero-order valence-electron chi connectivity index (χ0n) is 34.6. The molecule has 0 aliphatic heterocycles. The average Bonchev–Trinajstić information content (AvgIpc) is 3.93. The molecular formula is C62H36OSe. The molecule has 0 N–H and O–H groups in total. The van der Waals surface area contributed by atoms with Gasteiger partial charge in [0, 0.05) is 0 Å². The Hall–Kier alpha value is -7.74. The molecule has 0 amide bonds. The summed E-state index contributed by atoms with van der Waals surface area (Å²) in [5, 5.41) is 17.6. The van der Waals surface area contributed by atoms with Gasteiger partial charge in [-0.15, -0.1) is 0 Å². The van der Waals surface area contributed by atoms with Gasteiger partial charge in [-0.25, -0.2) is 0 Å². The van der Waals surface area contributed by atoms with Crippen LogP contribution in [0, 0.1) is 0 Å². The number of furan rings is 1. The molecule has 0 aliphatic carbocycles. The molecule has 14 rings (SSSR count). The van der Waals surface area contributed by atoms with Crippen LogP contribution in [0.4, 0.5) is 0 Å². The summed E-state index contributed by atoms with van der Waals surface area (Å²) in [5.74, 6) is 0. The second-order valence-electron chi connectivity index (χ2n) is 17.0. The second kappa shape index (κ2) is 13.9. The van der Waals surface area contributed by atoms with Gasteiger partial charge in [-0.3, -0.25) is 0 Å². The van der Waals surface area contributed by atoms with E-state index in [0.717, 1.165) is 16.6 Å². The first-order valence-corrected chi connectivity index (χ1v) is 23.7. The molecule has 12 aromatic carbocycles. The molecular weight excluding hydrogens is 840 g/mol. The molecule has 2 heterocycles. The minimum absolute atomic E-state index is 0.180. The van der Waals surface area contributed by atoms with Crippen molar-refractivity contribution in [2.45, 2.75) is 0 Å². The van der Waals surface area contributed by atoms with Gasteiger partial charge in [-0.2, -0.15) is 0 Å². The summed E-state index contributed by atoms with van der Waals surface area (Å²) in [6, 6.07) is 81.0. The minimum atomic E-state index is 0.180. The zero-order chi connectivity index (χ0) is 41.9. The number of hydrogen-bond acceptors (Lipinski definition) is 1. The van der Waals surface area contributed by atoms with Crippen molar-refractivity contribution in [1.82, 2.24) is 0 Å². The summed E-state index contributed by atoms with van der Waals surface area (Å²) >= 11 is 0.180. The van der Waals surface area contributed by atoms with Crippen molar-refractivity contribution < 1.29 is 4.42 Å². The van der Waals surface area contributed by atoms with E-state index in [9.17, 15) is 0 Å². The van der Waals surface area contributed by atoms with Crippen molar-refractivity contribution in [1.29, 1.82) is 0 Å². The molecule has 64 heavy (non-hydrogen) atoms. The topological polar surface area (TPSA) is 13.1 Å². The summed E-state index contributed by atoms with van der Waals surface area (Å²) in [5.41, 5.74) is 12.0. The van der Waals surface area contributed by atoms with Crippen LogP contribution in [0.1, 0.15) is 0 Å². The van der Waals surface area contributed by atoms with Gasteiger partial charge in [0.05, 0.1) is 0 Å². The van der Waals surface area contributed by atoms with E-state index in [4.69, 9.17) is 4.42 Å². The maximum atomic E-state index is 6.48. The van der Waals surface area contributed by atoms with Gasteiger partial charge in [0.1, 0.15) is 0 Å². The molecule has 0 saturated heterocycles. The Morgan fingerprint density at radius 2 is 0.750 bits per heavy atom. The molecule has 0 fully saturated rings. The molecule has 0 atom stereocenters. The SMILES string of the molecule is c1ccc(-c2c3ccccc3c(-c3ccc4[se]c5cccc(-c6c7ccccc7c(-c7ccc8oc9ccc%10ccccc%10c9c8c7)c7ccccc67)c5c4c3)c3ccccc23)cc1. The fourth-order valence-electron chi connectivity index (χ4n) is 11.0. The molecule has 0 aliphatic rings. The van der Waals surface area contributed by atoms with Crippen molar-refractivity contribution in [3.63, 3.8) is 0 Å². The maximum absolute atomic E-state index is 6.48. The average molecular weight is 876 g/mol. The fraction of sp³-hybridized carbons (Fsp3) is 0. The van der Waals surface area contributed by atoms with E-state index in [-0.39, 0.29) is 14.5 Å². The van der Waals surface area contributed by atoms with E-state index in [1.165, 1.54) is 123 Å². The Labute approximate surface area is 374 Å². The molecule has 0 unspecified atom stereocenters. The van der Waals surface area contributed by atoms with Gasteiger partial charge >= 0.3 is 335 Å². The van der Waals surface area contributed by atoms with Crippen LogP contribution >= 0.6 is 0 Å². The van der Waals surface area contributed by atoms with E-state index in [2.05, 4.69) is 218 Å². The molecule has 0 bridgehead atoms. The van der Waals surface area contributed by atoms with E-state index in [1.807, 2.05) is 0 Å². The van der Waals surface area contributed by atoms with Crippen molar-refractivity contribution in [2.75, 3.05) is 0 Å². The second-order valence-corrected chi connectivity index (χ2v) is 19.3. The van der Waals surface area contributed by atoms with Gasteiger partial charge in [-0.05, 0) is 11.5 Å². The third kappa shape index (κ3) is 5.19. The van der Waals surface area contributed by atoms with E-state index >= 15 is 0 Å². The van der Waals surface area contributed by atoms with Crippen molar-refractivity contribution in [3.05, 3.63) is 218 Å². The van der Waals surface area contributed by atoms with Crippen LogP contribution in [-0.4, -0.2) is 14.5 Å². The number of rotatable bonds is 4. The number of benzene rings is 12. The van der Waals surface area contributed by atoms with E-state index in [0.29, 0.717) is 0 Å². The van der Waals surface area contributed by atoms with Crippen LogP contribution in [0.2, 0.25) is 0 Å². The summed E-state index contributed by atoms with van der Waals surface area (Å²) < 4.78 is 9.35. The third-order valence-electron chi connectivity index (χ3n) is 13.6. The first kappa shape index (κ1) is 35.8. The normalized spacial score (nSPS) is 12.1. The zero-order valence-corrected chi connectivity index (χ0v) is 36.3. The predicted molar refractivity (Wildman–Crippen MR) is 275 cm³/mol. The standard InChI is InChI=1S/C62H36OSe/c1-2-16-38(17-3-1)57-42-19-6-8-21-44(42)59(45-22-9-7-20-43(45)57)40-31-34-55-52(36-40)62-50(27-14-28-56(62)64-55)60-48-25-12-10-23-46(48)58(47-24-11-13-26-49(47)60)39-30-32-53-51(35-39)61-41-18-5-4-15-37(41)29-33-54(61)63-53/h1-36H. The van der Waals surface area contributed by atoms with Crippen LogP contribution in [0.25, 0.3) is 140 Å². The van der Waals surface area contributed by atoms with E-state index in [1.54, 1.807) is 0 Å². The summed E-state index contributed by atoms with van der Waals surface area (Å²) in [6.45, 7) is 0. The summed E-state index contributed by atoms with van der Waals surface area (Å²) in [4.78, 5) is 0. The predicted octanol–water partition coefficient (Wildman–Crippen LogP) is 17.4. The van der Waals surface area contributed by atoms with Crippen LogP contribution in [0.15, 0.2) is 223 Å². The molecule has 2 aromatic heterocycles. The first-order chi connectivity index (χ1) is 31.8. The van der Waals surface area contributed by atoms with Crippen molar-refractivity contribution in [2.24, 2.45) is 0 Å². The van der Waals surface area contributed by atoms with Crippen molar-refractivity contribution >= 4 is 110 Å². The van der Waals surface area contributed by atoms with Crippen molar-refractivity contribution in [3.8, 4) is 44.5 Å². The van der Waals surface area contributed by atoms with Gasteiger partial charge in [0.15, 0.2) is 0 Å². The Balaban J connectivity index is 1.03. The monoisotopic (exact) mass is 876 g/mol. The molecule has 2 heteroatoms. The first-order valence-electron chi connectivity index (χ1n) is 22.0. The van der Waals surface area contributed by atoms with Crippen LogP contribution < -0.4 is 0 Å². The van der Waals surface area contributed by atoms with Gasteiger partial charge < -0.3 is 0 Å². The Kier molecular flexibility index (Phi) is 7.77. The Morgan fingerprint density at radius 3 is 1.36 bits per heavy atom.